The van der Waals surface area contributed by atoms with Crippen LogP contribution in [0.2, 0.25) is 0 Å². The van der Waals surface area contributed by atoms with Gasteiger partial charge in [0, 0.05) is 11.5 Å². The Kier molecular flexibility index (Phi) is 4.32. The number of imidazole rings is 1. The molecular weight excluding hydrogens is 322 g/mol. The van der Waals surface area contributed by atoms with E-state index in [1.807, 2.05) is 46.3 Å². The quantitative estimate of drug-likeness (QED) is 0.775. The van der Waals surface area contributed by atoms with Gasteiger partial charge in [0.25, 0.3) is 0 Å². The Morgan fingerprint density at radius 2 is 2.25 bits per heavy atom. The average Bonchev–Trinajstić information content (AvgIpc) is 3.34. The molecule has 1 aromatic carbocycles. The molecule has 1 aliphatic rings. The molecule has 1 amide bonds. The zero-order valence-electron chi connectivity index (χ0n) is 13.3. The summed E-state index contributed by atoms with van der Waals surface area (Å²) >= 11 is 1.65. The molecule has 0 spiro atoms. The van der Waals surface area contributed by atoms with Crippen molar-refractivity contribution in [1.82, 2.24) is 14.9 Å². The molecule has 24 heavy (non-hydrogen) atoms. The van der Waals surface area contributed by atoms with Gasteiger partial charge in [-0.15, -0.1) is 11.3 Å². The Balaban J connectivity index is 1.57. The van der Waals surface area contributed by atoms with Crippen LogP contribution in [0.1, 0.15) is 29.6 Å². The van der Waals surface area contributed by atoms with Gasteiger partial charge in [-0.1, -0.05) is 18.2 Å². The van der Waals surface area contributed by atoms with Crippen LogP contribution in [-0.2, 0) is 22.6 Å². The number of ether oxygens (including phenoxy) is 1. The van der Waals surface area contributed by atoms with Crippen molar-refractivity contribution in [3.63, 3.8) is 0 Å². The summed E-state index contributed by atoms with van der Waals surface area (Å²) in [4.78, 5) is 18.3. The number of aromatic nitrogens is 2. The van der Waals surface area contributed by atoms with Crippen molar-refractivity contribution in [3.05, 3.63) is 52.5 Å². The number of rotatable bonds is 5. The minimum Gasteiger partial charge on any atom is -0.370 e. The van der Waals surface area contributed by atoms with Crippen molar-refractivity contribution >= 4 is 28.3 Å². The molecule has 0 bridgehead atoms. The summed E-state index contributed by atoms with van der Waals surface area (Å²) in [5.74, 6) is 0.853. The molecule has 6 heteroatoms. The molecule has 2 aromatic heterocycles. The van der Waals surface area contributed by atoms with E-state index in [1.54, 1.807) is 11.3 Å². The fourth-order valence-corrected chi connectivity index (χ4v) is 3.73. The normalized spacial score (nSPS) is 17.4. The standard InChI is InChI=1S/C18H19N3O2S/c22-17(19-11-13-5-4-10-24-13)12-21-15-7-2-1-6-14(15)20-18(21)16-8-3-9-23-16/h1-2,4-7,10,16H,3,8-9,11-12H2,(H,19,22)/t16-/m0/s1. The van der Waals surface area contributed by atoms with Gasteiger partial charge in [-0.05, 0) is 36.4 Å². The predicted molar refractivity (Wildman–Crippen MR) is 93.8 cm³/mol. The zero-order valence-corrected chi connectivity index (χ0v) is 14.1. The van der Waals surface area contributed by atoms with E-state index in [-0.39, 0.29) is 18.6 Å². The fraction of sp³-hybridized carbons (Fsp3) is 0.333. The van der Waals surface area contributed by atoms with E-state index >= 15 is 0 Å². The summed E-state index contributed by atoms with van der Waals surface area (Å²) in [6, 6.07) is 11.9. The number of thiophene rings is 1. The van der Waals surface area contributed by atoms with Crippen molar-refractivity contribution < 1.29 is 9.53 Å². The van der Waals surface area contributed by atoms with Gasteiger partial charge in [0.15, 0.2) is 0 Å². The van der Waals surface area contributed by atoms with E-state index in [2.05, 4.69) is 5.32 Å². The summed E-state index contributed by atoms with van der Waals surface area (Å²) < 4.78 is 7.79. The lowest BCUT2D eigenvalue weighted by Crippen LogP contribution is -2.27. The van der Waals surface area contributed by atoms with E-state index in [4.69, 9.17) is 9.72 Å². The smallest absolute Gasteiger partial charge is 0.240 e. The van der Waals surface area contributed by atoms with Crippen LogP contribution in [0.25, 0.3) is 11.0 Å². The molecule has 5 nitrogen and oxygen atoms in total. The van der Waals surface area contributed by atoms with Gasteiger partial charge >= 0.3 is 0 Å². The van der Waals surface area contributed by atoms with Gasteiger partial charge in [-0.2, -0.15) is 0 Å². The number of hydrogen-bond donors (Lipinski definition) is 1. The number of amides is 1. The van der Waals surface area contributed by atoms with Crippen molar-refractivity contribution in [2.45, 2.75) is 32.0 Å². The molecule has 0 aliphatic carbocycles. The van der Waals surface area contributed by atoms with Gasteiger partial charge < -0.3 is 14.6 Å². The first-order valence-electron chi connectivity index (χ1n) is 8.17. The van der Waals surface area contributed by atoms with E-state index in [0.717, 1.165) is 41.2 Å². The lowest BCUT2D eigenvalue weighted by atomic mass is 10.2. The number of carbonyl (C=O) groups excluding carboxylic acids is 1. The van der Waals surface area contributed by atoms with Crippen molar-refractivity contribution in [3.8, 4) is 0 Å². The Hall–Kier alpha value is -2.18. The summed E-state index contributed by atoms with van der Waals surface area (Å²) in [5, 5.41) is 5.00. The molecule has 3 aromatic rings. The third kappa shape index (κ3) is 3.07. The number of carbonyl (C=O) groups is 1. The second kappa shape index (κ2) is 6.75. The van der Waals surface area contributed by atoms with E-state index in [9.17, 15) is 4.79 Å². The highest BCUT2D eigenvalue weighted by molar-refractivity contribution is 7.09. The van der Waals surface area contributed by atoms with Crippen LogP contribution in [0.5, 0.6) is 0 Å². The zero-order chi connectivity index (χ0) is 16.4. The maximum absolute atomic E-state index is 12.4. The van der Waals surface area contributed by atoms with Gasteiger partial charge in [0.1, 0.15) is 18.5 Å². The number of nitrogens with one attached hydrogen (secondary N) is 1. The van der Waals surface area contributed by atoms with Crippen molar-refractivity contribution in [2.75, 3.05) is 6.61 Å². The summed E-state index contributed by atoms with van der Waals surface area (Å²) in [6.07, 6.45) is 1.99. The van der Waals surface area contributed by atoms with Crippen molar-refractivity contribution in [1.29, 1.82) is 0 Å². The Morgan fingerprint density at radius 3 is 3.04 bits per heavy atom. The molecule has 3 heterocycles. The molecule has 1 saturated heterocycles. The maximum Gasteiger partial charge on any atom is 0.240 e. The minimum absolute atomic E-state index is 0.00852. The lowest BCUT2D eigenvalue weighted by Gasteiger charge is -2.13. The van der Waals surface area contributed by atoms with Gasteiger partial charge in [0.2, 0.25) is 5.91 Å². The van der Waals surface area contributed by atoms with Crippen LogP contribution in [0.4, 0.5) is 0 Å². The first-order valence-corrected chi connectivity index (χ1v) is 9.05. The summed E-state index contributed by atoms with van der Waals surface area (Å²) in [6.45, 7) is 1.60. The monoisotopic (exact) mass is 341 g/mol. The fourth-order valence-electron chi connectivity index (χ4n) is 3.09. The SMILES string of the molecule is O=C(Cn1c([C@@H]2CCCO2)nc2ccccc21)NCc1cccs1. The number of benzene rings is 1. The van der Waals surface area contributed by atoms with Crippen LogP contribution in [0, 0.1) is 0 Å². The van der Waals surface area contributed by atoms with Crippen molar-refractivity contribution in [2.24, 2.45) is 0 Å². The van der Waals surface area contributed by atoms with E-state index in [0.29, 0.717) is 6.54 Å². The van der Waals surface area contributed by atoms with E-state index in [1.165, 1.54) is 0 Å². The summed E-state index contributed by atoms with van der Waals surface area (Å²) in [5.41, 5.74) is 1.89. The maximum atomic E-state index is 12.4. The first-order chi connectivity index (χ1) is 11.8. The third-order valence-corrected chi connectivity index (χ3v) is 5.12. The molecule has 1 atom stereocenters. The highest BCUT2D eigenvalue weighted by Gasteiger charge is 2.25. The first kappa shape index (κ1) is 15.4. The third-order valence-electron chi connectivity index (χ3n) is 4.24. The predicted octanol–water partition coefficient (Wildman–Crippen LogP) is 3.27. The number of fused-ring (bicyclic) bond motifs is 1. The highest BCUT2D eigenvalue weighted by atomic mass is 32.1. The molecule has 124 valence electrons. The van der Waals surface area contributed by atoms with Gasteiger partial charge in [0.05, 0.1) is 17.6 Å². The average molecular weight is 341 g/mol. The lowest BCUT2D eigenvalue weighted by molar-refractivity contribution is -0.121. The number of hydrogen-bond acceptors (Lipinski definition) is 4. The topological polar surface area (TPSA) is 56.2 Å². The van der Waals surface area contributed by atoms with Crippen LogP contribution < -0.4 is 5.32 Å². The van der Waals surface area contributed by atoms with Gasteiger partial charge in [-0.3, -0.25) is 4.79 Å². The molecule has 4 rings (SSSR count). The van der Waals surface area contributed by atoms with Gasteiger partial charge in [-0.25, -0.2) is 4.98 Å². The largest absolute Gasteiger partial charge is 0.370 e. The number of nitrogens with zero attached hydrogens (tertiary/aromatic N) is 2. The van der Waals surface area contributed by atoms with Crippen LogP contribution >= 0.6 is 11.3 Å². The van der Waals surface area contributed by atoms with Crippen LogP contribution in [0.3, 0.4) is 0 Å². The minimum atomic E-state index is -0.0116. The molecule has 0 radical (unpaired) electrons. The van der Waals surface area contributed by atoms with E-state index < -0.39 is 0 Å². The van der Waals surface area contributed by atoms with Crippen LogP contribution in [-0.4, -0.2) is 22.1 Å². The molecule has 0 saturated carbocycles. The molecule has 1 fully saturated rings. The molecule has 0 unspecified atom stereocenters. The van der Waals surface area contributed by atoms with Crippen LogP contribution in [0.15, 0.2) is 41.8 Å². The molecule has 1 aliphatic heterocycles. The second-order valence-corrected chi connectivity index (χ2v) is 6.93. The molecule has 1 N–H and O–H groups in total. The highest BCUT2D eigenvalue weighted by Crippen LogP contribution is 2.30. The Bertz CT molecular complexity index is 835. The Morgan fingerprint density at radius 1 is 1.33 bits per heavy atom. The molecular formula is C18H19N3O2S. The summed E-state index contributed by atoms with van der Waals surface area (Å²) in [7, 11) is 0. The number of para-hydroxylation sites is 2. The second-order valence-electron chi connectivity index (χ2n) is 5.90. The Labute approximate surface area is 144 Å².